The third-order valence-corrected chi connectivity index (χ3v) is 0.151. The average molecular weight is 301 g/mol. The second kappa shape index (κ2) is 5.87. The Morgan fingerprint density at radius 1 is 1.83 bits per heavy atom. The van der Waals surface area contributed by atoms with E-state index in [9.17, 15) is 4.79 Å². The molecule has 0 spiro atoms. The van der Waals surface area contributed by atoms with Crippen LogP contribution in [0.25, 0.3) is 5.73 Å². The van der Waals surface area contributed by atoms with Gasteiger partial charge in [-0.15, -0.1) is 0 Å². The molecule has 0 aromatic carbocycles. The molecule has 6 heavy (non-hydrogen) atoms. The summed E-state index contributed by atoms with van der Waals surface area (Å²) in [5, 5.41) is 7.53. The van der Waals surface area contributed by atoms with E-state index in [1.165, 1.54) is 0 Å². The Balaban J connectivity index is 0. The van der Waals surface area contributed by atoms with Gasteiger partial charge in [-0.25, -0.2) is 0 Å². The van der Waals surface area contributed by atoms with Gasteiger partial charge in [0.2, 0.25) is 0 Å². The Morgan fingerprint density at radius 2 is 2.00 bits per heavy atom. The maximum absolute atomic E-state index is 9.18. The maximum atomic E-state index is 9.18. The van der Waals surface area contributed by atoms with E-state index in [1.54, 1.807) is 0 Å². The van der Waals surface area contributed by atoms with E-state index < -0.39 is 12.5 Å². The molecule has 0 fully saturated rings. The SMILES string of the molecule is [Ac].[NH-]CC(=O)O. The van der Waals surface area contributed by atoms with Gasteiger partial charge < -0.3 is 10.8 Å². The van der Waals surface area contributed by atoms with E-state index >= 15 is 0 Å². The van der Waals surface area contributed by atoms with Gasteiger partial charge in [0.1, 0.15) is 0 Å². The van der Waals surface area contributed by atoms with Gasteiger partial charge in [0, 0.05) is 44.1 Å². The maximum Gasteiger partial charge on any atom is 0.282 e. The Hall–Kier alpha value is 0.872. The molecule has 0 heterocycles. The molecule has 1 radical (unpaired) electrons. The van der Waals surface area contributed by atoms with Crippen LogP contribution in [0.1, 0.15) is 0 Å². The molecule has 0 atom stereocenters. The van der Waals surface area contributed by atoms with Crippen molar-refractivity contribution in [2.24, 2.45) is 0 Å². The number of nitrogens with one attached hydrogen (secondary N) is 1. The fourth-order valence-electron chi connectivity index (χ4n) is 0. The first-order valence-electron chi connectivity index (χ1n) is 1.13. The second-order valence-corrected chi connectivity index (χ2v) is 0.571. The van der Waals surface area contributed by atoms with Crippen LogP contribution in [0, 0.1) is 44.1 Å². The van der Waals surface area contributed by atoms with Crippen LogP contribution in [0.15, 0.2) is 0 Å². The number of hydrogen-bond donors (Lipinski definition) is 1. The Labute approximate surface area is 71.5 Å². The summed E-state index contributed by atoms with van der Waals surface area (Å²) in [7, 11) is 0. The molecule has 0 saturated carbocycles. The van der Waals surface area contributed by atoms with E-state index in [1.807, 2.05) is 0 Å². The summed E-state index contributed by atoms with van der Waals surface area (Å²) in [6.45, 7) is -0.528. The van der Waals surface area contributed by atoms with Crippen LogP contribution >= 0.6 is 0 Å². The molecular formula is C2H4AcNO2-. The molecule has 0 saturated heterocycles. The Morgan fingerprint density at radius 3 is 2.00 bits per heavy atom. The van der Waals surface area contributed by atoms with Gasteiger partial charge in [-0.05, 0) is 0 Å². The summed E-state index contributed by atoms with van der Waals surface area (Å²) in [4.78, 5) is 9.18. The molecule has 0 unspecified atom stereocenters. The number of carbonyl (C=O) groups is 1. The van der Waals surface area contributed by atoms with Crippen LogP contribution in [0.2, 0.25) is 0 Å². The molecule has 2 N–H and O–H groups in total. The molecule has 0 aromatic heterocycles. The zero-order valence-electron chi connectivity index (χ0n) is 3.14. The van der Waals surface area contributed by atoms with Gasteiger partial charge in [-0.2, -0.15) is 0 Å². The number of hydrogen-bond acceptors (Lipinski definition) is 1. The van der Waals surface area contributed by atoms with E-state index in [4.69, 9.17) is 10.8 Å². The van der Waals surface area contributed by atoms with Crippen LogP contribution in [-0.4, -0.2) is 17.6 Å². The Kier molecular flexibility index (Phi) is 9.77. The van der Waals surface area contributed by atoms with E-state index in [2.05, 4.69) is 0 Å². The fraction of sp³-hybridized carbons (Fsp3) is 0.500. The van der Waals surface area contributed by atoms with Gasteiger partial charge in [-0.1, -0.05) is 6.54 Å². The summed E-state index contributed by atoms with van der Waals surface area (Å²) < 4.78 is 0. The van der Waals surface area contributed by atoms with Crippen LogP contribution in [0.4, 0.5) is 0 Å². The standard InChI is InChI=1S/C2H4NO2.Ac/c3-1-2(4)5;/h3H,1H2,(H,4,5);/q-1;. The molecule has 0 aliphatic heterocycles. The van der Waals surface area contributed by atoms with Crippen LogP contribution in [-0.2, 0) is 4.79 Å². The average Bonchev–Trinajstić information content (AvgIpc) is 1.38. The van der Waals surface area contributed by atoms with Crippen molar-refractivity contribution in [3.05, 3.63) is 5.73 Å². The van der Waals surface area contributed by atoms with Crippen molar-refractivity contribution in [2.75, 3.05) is 6.54 Å². The second-order valence-electron chi connectivity index (χ2n) is 0.571. The molecule has 0 aliphatic rings. The predicted molar refractivity (Wildman–Crippen MR) is 16.8 cm³/mol. The van der Waals surface area contributed by atoms with Crippen LogP contribution in [0.5, 0.6) is 0 Å². The van der Waals surface area contributed by atoms with Crippen molar-refractivity contribution in [3.63, 3.8) is 0 Å². The van der Waals surface area contributed by atoms with Gasteiger partial charge in [-0.3, -0.25) is 4.79 Å². The van der Waals surface area contributed by atoms with Gasteiger partial charge in [0.25, 0.3) is 5.97 Å². The van der Waals surface area contributed by atoms with Gasteiger partial charge in [0.15, 0.2) is 0 Å². The van der Waals surface area contributed by atoms with Crippen molar-refractivity contribution in [3.8, 4) is 0 Å². The number of aliphatic carboxylic acids is 1. The van der Waals surface area contributed by atoms with Crippen molar-refractivity contribution >= 4 is 5.97 Å². The first-order chi connectivity index (χ1) is 2.27. The summed E-state index contributed by atoms with van der Waals surface area (Å²) in [5.74, 6) is -1.08. The summed E-state index contributed by atoms with van der Waals surface area (Å²) >= 11 is 0. The molecule has 0 amide bonds. The van der Waals surface area contributed by atoms with E-state index in [-0.39, 0.29) is 44.1 Å². The number of rotatable bonds is 1. The minimum atomic E-state index is -1.08. The fourth-order valence-corrected chi connectivity index (χ4v) is 0. The van der Waals surface area contributed by atoms with Crippen molar-refractivity contribution < 1.29 is 54.0 Å². The predicted octanol–water partition coefficient (Wildman–Crippen LogP) is 0.123. The number of carboxylic acid groups (broad SMARTS) is 1. The molecule has 0 aromatic rings. The third kappa shape index (κ3) is 8.86. The van der Waals surface area contributed by atoms with Crippen molar-refractivity contribution in [1.29, 1.82) is 0 Å². The van der Waals surface area contributed by atoms with Gasteiger partial charge in [0.05, 0.1) is 0 Å². The zero-order valence-corrected chi connectivity index (χ0v) is 7.89. The van der Waals surface area contributed by atoms with E-state index in [0.29, 0.717) is 0 Å². The third-order valence-electron chi connectivity index (χ3n) is 0.151. The quantitative estimate of drug-likeness (QED) is 0.748. The largest absolute Gasteiger partial charge is 0.668 e. The normalized spacial score (nSPS) is 6.17. The van der Waals surface area contributed by atoms with E-state index in [0.717, 1.165) is 0 Å². The van der Waals surface area contributed by atoms with Crippen LogP contribution < -0.4 is 0 Å². The smallest absolute Gasteiger partial charge is 0.282 e. The van der Waals surface area contributed by atoms with Crippen molar-refractivity contribution in [1.82, 2.24) is 0 Å². The molecular weight excluding hydrogens is 297 g/mol. The summed E-state index contributed by atoms with van der Waals surface area (Å²) in [6, 6.07) is 0. The van der Waals surface area contributed by atoms with Crippen LogP contribution in [0.3, 0.4) is 0 Å². The molecule has 4 heteroatoms. The summed E-state index contributed by atoms with van der Waals surface area (Å²) in [5.41, 5.74) is 6.06. The molecule has 33 valence electrons. The molecule has 3 nitrogen and oxygen atoms in total. The van der Waals surface area contributed by atoms with Crippen molar-refractivity contribution in [2.45, 2.75) is 0 Å². The first-order valence-corrected chi connectivity index (χ1v) is 1.13. The Bertz CT molecular complexity index is 46.8. The minimum Gasteiger partial charge on any atom is -0.668 e. The van der Waals surface area contributed by atoms with Gasteiger partial charge >= 0.3 is 0 Å². The first kappa shape index (κ1) is 9.98. The minimum absolute atomic E-state index is 0. The molecule has 0 rings (SSSR count). The monoisotopic (exact) mass is 301 g/mol. The summed E-state index contributed by atoms with van der Waals surface area (Å²) in [6.07, 6.45) is 0. The zero-order chi connectivity index (χ0) is 4.28. The molecule has 0 bridgehead atoms. The number of carboxylic acids is 1. The molecule has 0 aliphatic carbocycles. The topological polar surface area (TPSA) is 61.1 Å².